The van der Waals surface area contributed by atoms with Crippen LogP contribution in [-0.2, 0) is 9.53 Å². The molecule has 1 saturated carbocycles. The number of fused-ring (bicyclic) bond motifs is 2. The van der Waals surface area contributed by atoms with Crippen molar-refractivity contribution < 1.29 is 9.53 Å². The standard InChI is InChI=1S/C12H20INO2/c1-7(13)11(15)16-12(2,3)9-4-8-5-10(9)14-6-8/h7-10,14H,4-6H2,1-3H3. The van der Waals surface area contributed by atoms with Crippen LogP contribution in [0.4, 0.5) is 0 Å². The maximum atomic E-state index is 11.7. The Morgan fingerprint density at radius 3 is 2.62 bits per heavy atom. The lowest BCUT2D eigenvalue weighted by atomic mass is 9.84. The van der Waals surface area contributed by atoms with Gasteiger partial charge in [-0.15, -0.1) is 0 Å². The third kappa shape index (κ3) is 2.37. The number of halogens is 1. The molecule has 1 heterocycles. The zero-order valence-electron chi connectivity index (χ0n) is 10.1. The highest BCUT2D eigenvalue weighted by atomic mass is 127. The van der Waals surface area contributed by atoms with E-state index in [1.54, 1.807) is 0 Å². The molecule has 0 aromatic carbocycles. The molecule has 2 rings (SSSR count). The molecule has 0 aromatic heterocycles. The van der Waals surface area contributed by atoms with Crippen LogP contribution in [-0.4, -0.2) is 28.1 Å². The van der Waals surface area contributed by atoms with Gasteiger partial charge in [-0.25, -0.2) is 0 Å². The number of hydrogen-bond acceptors (Lipinski definition) is 3. The van der Waals surface area contributed by atoms with E-state index in [-0.39, 0.29) is 15.5 Å². The minimum atomic E-state index is -0.330. The lowest BCUT2D eigenvalue weighted by molar-refractivity contribution is -0.161. The number of piperidine rings is 1. The van der Waals surface area contributed by atoms with Gasteiger partial charge in [-0.1, -0.05) is 22.6 Å². The average Bonchev–Trinajstić information content (AvgIpc) is 2.77. The second-order valence-electron chi connectivity index (χ2n) is 5.60. The predicted molar refractivity (Wildman–Crippen MR) is 71.7 cm³/mol. The lowest BCUT2D eigenvalue weighted by Gasteiger charge is -2.37. The van der Waals surface area contributed by atoms with Crippen LogP contribution in [0.5, 0.6) is 0 Å². The van der Waals surface area contributed by atoms with Gasteiger partial charge in [0.15, 0.2) is 0 Å². The van der Waals surface area contributed by atoms with Crippen molar-refractivity contribution in [1.29, 1.82) is 0 Å². The Kier molecular flexibility index (Phi) is 3.50. The summed E-state index contributed by atoms with van der Waals surface area (Å²) in [7, 11) is 0. The lowest BCUT2D eigenvalue weighted by Crippen LogP contribution is -2.47. The molecule has 2 fully saturated rings. The summed E-state index contributed by atoms with van der Waals surface area (Å²) in [5.74, 6) is 1.18. The van der Waals surface area contributed by atoms with E-state index in [2.05, 4.69) is 41.8 Å². The van der Waals surface area contributed by atoms with Crippen molar-refractivity contribution in [1.82, 2.24) is 5.32 Å². The Hall–Kier alpha value is 0.160. The van der Waals surface area contributed by atoms with E-state index in [0.29, 0.717) is 12.0 Å². The SMILES string of the molecule is CC(I)C(=O)OC(C)(C)C1CC2CNC1C2. The number of hydrogen-bond donors (Lipinski definition) is 1. The highest BCUT2D eigenvalue weighted by Crippen LogP contribution is 2.43. The summed E-state index contributed by atoms with van der Waals surface area (Å²) in [4.78, 5) is 11.7. The fraction of sp³-hybridized carbons (Fsp3) is 0.917. The van der Waals surface area contributed by atoms with E-state index in [1.165, 1.54) is 12.8 Å². The first kappa shape index (κ1) is 12.6. The second kappa shape index (κ2) is 4.44. The minimum Gasteiger partial charge on any atom is -0.459 e. The van der Waals surface area contributed by atoms with Gasteiger partial charge in [0.2, 0.25) is 0 Å². The molecule has 0 spiro atoms. The van der Waals surface area contributed by atoms with Crippen LogP contribution < -0.4 is 5.32 Å². The zero-order chi connectivity index (χ0) is 11.9. The topological polar surface area (TPSA) is 38.3 Å². The summed E-state index contributed by atoms with van der Waals surface area (Å²) in [5.41, 5.74) is -0.330. The summed E-state index contributed by atoms with van der Waals surface area (Å²) < 4.78 is 5.58. The fourth-order valence-electron chi connectivity index (χ4n) is 3.04. The van der Waals surface area contributed by atoms with Crippen molar-refractivity contribution in [2.24, 2.45) is 11.8 Å². The van der Waals surface area contributed by atoms with Crippen LogP contribution >= 0.6 is 22.6 Å². The molecule has 4 atom stereocenters. The number of carbonyl (C=O) groups is 1. The van der Waals surface area contributed by atoms with Crippen LogP contribution in [0.25, 0.3) is 0 Å². The van der Waals surface area contributed by atoms with Crippen LogP contribution in [0.2, 0.25) is 0 Å². The Morgan fingerprint density at radius 2 is 2.19 bits per heavy atom. The van der Waals surface area contributed by atoms with E-state index in [9.17, 15) is 4.79 Å². The van der Waals surface area contributed by atoms with Crippen molar-refractivity contribution in [2.45, 2.75) is 49.2 Å². The number of ether oxygens (including phenoxy) is 1. The molecule has 0 amide bonds. The average molecular weight is 337 g/mol. The van der Waals surface area contributed by atoms with Crippen molar-refractivity contribution in [3.05, 3.63) is 0 Å². The van der Waals surface area contributed by atoms with Crippen molar-refractivity contribution in [3.8, 4) is 0 Å². The van der Waals surface area contributed by atoms with Gasteiger partial charge >= 0.3 is 5.97 Å². The van der Waals surface area contributed by atoms with E-state index in [4.69, 9.17) is 4.74 Å². The largest absolute Gasteiger partial charge is 0.459 e. The van der Waals surface area contributed by atoms with Gasteiger partial charge in [0.25, 0.3) is 0 Å². The molecule has 0 radical (unpaired) electrons. The molecule has 92 valence electrons. The molecule has 16 heavy (non-hydrogen) atoms. The Morgan fingerprint density at radius 1 is 1.50 bits per heavy atom. The number of carbonyl (C=O) groups excluding carboxylic acids is 1. The highest BCUT2D eigenvalue weighted by molar-refractivity contribution is 14.1. The molecule has 1 saturated heterocycles. The predicted octanol–water partition coefficient (Wildman–Crippen LogP) is 2.13. The monoisotopic (exact) mass is 337 g/mol. The maximum Gasteiger partial charge on any atom is 0.319 e. The summed E-state index contributed by atoms with van der Waals surface area (Å²) >= 11 is 2.10. The Bertz CT molecular complexity index is 291. The third-order valence-corrected chi connectivity index (χ3v) is 4.42. The summed E-state index contributed by atoms with van der Waals surface area (Å²) in [6, 6.07) is 0.553. The molecule has 3 nitrogen and oxygen atoms in total. The van der Waals surface area contributed by atoms with Gasteiger partial charge < -0.3 is 10.1 Å². The molecular formula is C12H20INO2. The molecule has 1 aliphatic heterocycles. The van der Waals surface area contributed by atoms with Crippen molar-refractivity contribution in [2.75, 3.05) is 6.54 Å². The number of alkyl halides is 1. The van der Waals surface area contributed by atoms with Crippen LogP contribution in [0.1, 0.15) is 33.6 Å². The first-order valence-electron chi connectivity index (χ1n) is 6.00. The molecule has 4 unspecified atom stereocenters. The second-order valence-corrected chi connectivity index (χ2v) is 7.47. The molecule has 0 aromatic rings. The van der Waals surface area contributed by atoms with Gasteiger partial charge in [0, 0.05) is 12.0 Å². The van der Waals surface area contributed by atoms with E-state index < -0.39 is 0 Å². The van der Waals surface area contributed by atoms with Crippen molar-refractivity contribution >= 4 is 28.6 Å². The maximum absolute atomic E-state index is 11.7. The normalized spacial score (nSPS) is 35.1. The first-order chi connectivity index (χ1) is 7.40. The number of nitrogens with one attached hydrogen (secondary N) is 1. The van der Waals surface area contributed by atoms with Gasteiger partial charge in [-0.2, -0.15) is 0 Å². The highest BCUT2D eigenvalue weighted by Gasteiger charge is 2.48. The van der Waals surface area contributed by atoms with Crippen LogP contribution in [0.15, 0.2) is 0 Å². The molecule has 4 heteroatoms. The number of esters is 1. The molecule has 2 aliphatic rings. The van der Waals surface area contributed by atoms with Crippen LogP contribution in [0, 0.1) is 11.8 Å². The van der Waals surface area contributed by atoms with E-state index >= 15 is 0 Å². The van der Waals surface area contributed by atoms with Gasteiger partial charge in [-0.3, -0.25) is 4.79 Å². The Labute approximate surface area is 111 Å². The fourth-order valence-corrected chi connectivity index (χ4v) is 3.16. The van der Waals surface area contributed by atoms with Crippen molar-refractivity contribution in [3.63, 3.8) is 0 Å². The number of rotatable bonds is 3. The smallest absolute Gasteiger partial charge is 0.319 e. The first-order valence-corrected chi connectivity index (χ1v) is 7.25. The molecule has 1 aliphatic carbocycles. The van der Waals surface area contributed by atoms with Gasteiger partial charge in [0.1, 0.15) is 9.53 Å². The molecule has 2 bridgehead atoms. The summed E-state index contributed by atoms with van der Waals surface area (Å²) in [5, 5.41) is 3.52. The minimum absolute atomic E-state index is 0.0663. The van der Waals surface area contributed by atoms with Crippen LogP contribution in [0.3, 0.4) is 0 Å². The molecule has 1 N–H and O–H groups in total. The summed E-state index contributed by atoms with van der Waals surface area (Å²) in [6.07, 6.45) is 2.46. The van der Waals surface area contributed by atoms with Gasteiger partial charge in [0.05, 0.1) is 0 Å². The zero-order valence-corrected chi connectivity index (χ0v) is 12.3. The van der Waals surface area contributed by atoms with E-state index in [1.807, 2.05) is 6.92 Å². The Balaban J connectivity index is 1.99. The quantitative estimate of drug-likeness (QED) is 0.487. The molecular weight excluding hydrogens is 317 g/mol. The van der Waals surface area contributed by atoms with Gasteiger partial charge in [-0.05, 0) is 46.1 Å². The van der Waals surface area contributed by atoms with E-state index in [0.717, 1.165) is 12.5 Å². The third-order valence-electron chi connectivity index (χ3n) is 3.91. The summed E-state index contributed by atoms with van der Waals surface area (Å²) in [6.45, 7) is 7.12.